The highest BCUT2D eigenvalue weighted by molar-refractivity contribution is 5.56. The largest absolute Gasteiger partial charge is 0.491 e. The second kappa shape index (κ2) is 7.55. The van der Waals surface area contributed by atoms with Gasteiger partial charge in [0.2, 0.25) is 0 Å². The first-order valence-electron chi connectivity index (χ1n) is 7.13. The summed E-state index contributed by atoms with van der Waals surface area (Å²) in [5, 5.41) is 9.10. The van der Waals surface area contributed by atoms with Gasteiger partial charge in [-0.2, -0.15) is 0 Å². The molecule has 0 radical (unpaired) electrons. The number of benzene rings is 2. The fraction of sp³-hybridized carbons (Fsp3) is 0.294. The Balaban J connectivity index is 2.19. The number of hydrogen-bond donors (Lipinski definition) is 2. The fourth-order valence-corrected chi connectivity index (χ4v) is 1.97. The van der Waals surface area contributed by atoms with Crippen LogP contribution in [-0.4, -0.2) is 18.3 Å². The third-order valence-electron chi connectivity index (χ3n) is 3.03. The predicted octanol–water partition coefficient (Wildman–Crippen LogP) is 3.38. The average Bonchev–Trinajstić information content (AvgIpc) is 2.50. The molecule has 2 rings (SSSR count). The summed E-state index contributed by atoms with van der Waals surface area (Å²) in [5.74, 6) is 2.03. The second-order valence-corrected chi connectivity index (χ2v) is 4.73. The molecule has 4 nitrogen and oxygen atoms in total. The second-order valence-electron chi connectivity index (χ2n) is 4.73. The summed E-state index contributed by atoms with van der Waals surface area (Å²) >= 11 is 0. The number of aliphatic hydroxyl groups excluding tert-OH is 1. The maximum Gasteiger partial charge on any atom is 0.145 e. The average molecular weight is 287 g/mol. The number of rotatable bonds is 7. The Morgan fingerprint density at radius 1 is 1.10 bits per heavy atom. The molecule has 4 heteroatoms. The van der Waals surface area contributed by atoms with E-state index >= 15 is 0 Å². The van der Waals surface area contributed by atoms with Crippen LogP contribution in [0.1, 0.15) is 18.9 Å². The number of para-hydroxylation sites is 1. The Hall–Kier alpha value is -2.20. The van der Waals surface area contributed by atoms with E-state index in [0.717, 1.165) is 17.7 Å². The molecule has 0 heterocycles. The Morgan fingerprint density at radius 2 is 1.90 bits per heavy atom. The lowest BCUT2D eigenvalue weighted by atomic mass is 10.1. The van der Waals surface area contributed by atoms with Crippen LogP contribution < -0.4 is 15.2 Å². The van der Waals surface area contributed by atoms with Crippen molar-refractivity contribution in [2.45, 2.75) is 19.8 Å². The van der Waals surface area contributed by atoms with Crippen LogP contribution in [0.15, 0.2) is 42.5 Å². The highest BCUT2D eigenvalue weighted by atomic mass is 16.5. The van der Waals surface area contributed by atoms with Gasteiger partial charge < -0.3 is 20.3 Å². The van der Waals surface area contributed by atoms with Crippen molar-refractivity contribution in [1.29, 1.82) is 0 Å². The van der Waals surface area contributed by atoms with E-state index in [1.165, 1.54) is 0 Å². The number of hydrogen-bond acceptors (Lipinski definition) is 4. The van der Waals surface area contributed by atoms with Gasteiger partial charge in [0.05, 0.1) is 12.3 Å². The number of anilines is 1. The molecule has 0 atom stereocenters. The van der Waals surface area contributed by atoms with Crippen LogP contribution in [0.2, 0.25) is 0 Å². The van der Waals surface area contributed by atoms with E-state index in [1.807, 2.05) is 37.3 Å². The fourth-order valence-electron chi connectivity index (χ4n) is 1.97. The van der Waals surface area contributed by atoms with Crippen molar-refractivity contribution in [3.05, 3.63) is 48.0 Å². The van der Waals surface area contributed by atoms with Crippen molar-refractivity contribution >= 4 is 5.69 Å². The molecular formula is C17H21NO3. The Kier molecular flexibility index (Phi) is 5.46. The highest BCUT2D eigenvalue weighted by Gasteiger charge is 2.07. The summed E-state index contributed by atoms with van der Waals surface area (Å²) in [7, 11) is 0. The van der Waals surface area contributed by atoms with Crippen molar-refractivity contribution in [2.75, 3.05) is 18.9 Å². The molecule has 0 bridgehead atoms. The van der Waals surface area contributed by atoms with E-state index in [9.17, 15) is 0 Å². The minimum atomic E-state index is 0.0903. The van der Waals surface area contributed by atoms with E-state index in [-0.39, 0.29) is 6.61 Å². The molecule has 0 saturated heterocycles. The zero-order chi connectivity index (χ0) is 15.1. The van der Waals surface area contributed by atoms with Gasteiger partial charge in [-0.15, -0.1) is 0 Å². The monoisotopic (exact) mass is 287 g/mol. The zero-order valence-corrected chi connectivity index (χ0v) is 12.2. The summed E-state index contributed by atoms with van der Waals surface area (Å²) in [6.07, 6.45) is 1.48. The van der Waals surface area contributed by atoms with E-state index < -0.39 is 0 Å². The smallest absolute Gasteiger partial charge is 0.145 e. The Morgan fingerprint density at radius 3 is 2.67 bits per heavy atom. The molecule has 2 aromatic carbocycles. The molecule has 2 aromatic rings. The number of ether oxygens (including phenoxy) is 2. The first-order valence-corrected chi connectivity index (χ1v) is 7.13. The first-order chi connectivity index (χ1) is 10.2. The number of nitrogen functional groups attached to an aromatic ring is 1. The molecule has 0 aliphatic heterocycles. The van der Waals surface area contributed by atoms with Crippen LogP contribution in [0.4, 0.5) is 5.69 Å². The molecule has 0 spiro atoms. The van der Waals surface area contributed by atoms with Crippen LogP contribution in [0.25, 0.3) is 0 Å². The van der Waals surface area contributed by atoms with Crippen molar-refractivity contribution in [2.24, 2.45) is 0 Å². The van der Waals surface area contributed by atoms with Crippen LogP contribution in [-0.2, 0) is 6.42 Å². The third kappa shape index (κ3) is 4.13. The van der Waals surface area contributed by atoms with Gasteiger partial charge in [0, 0.05) is 12.7 Å². The van der Waals surface area contributed by atoms with E-state index in [1.54, 1.807) is 12.1 Å². The molecular weight excluding hydrogens is 266 g/mol. The summed E-state index contributed by atoms with van der Waals surface area (Å²) in [5.41, 5.74) is 7.45. The lowest BCUT2D eigenvalue weighted by Crippen LogP contribution is -2.00. The number of aliphatic hydroxyl groups is 1. The molecule has 0 aliphatic rings. The molecule has 0 aliphatic carbocycles. The Labute approximate surface area is 125 Å². The van der Waals surface area contributed by atoms with Crippen LogP contribution in [0.3, 0.4) is 0 Å². The minimum absolute atomic E-state index is 0.0903. The topological polar surface area (TPSA) is 64.7 Å². The highest BCUT2D eigenvalue weighted by Crippen LogP contribution is 2.31. The van der Waals surface area contributed by atoms with Crippen molar-refractivity contribution in [1.82, 2.24) is 0 Å². The van der Waals surface area contributed by atoms with Gasteiger partial charge >= 0.3 is 0 Å². The van der Waals surface area contributed by atoms with Gasteiger partial charge in [0.25, 0.3) is 0 Å². The predicted molar refractivity (Wildman–Crippen MR) is 83.9 cm³/mol. The van der Waals surface area contributed by atoms with E-state index in [4.69, 9.17) is 20.3 Å². The molecule has 21 heavy (non-hydrogen) atoms. The van der Waals surface area contributed by atoms with Crippen LogP contribution in [0.5, 0.6) is 17.2 Å². The number of nitrogens with two attached hydrogens (primary N) is 1. The lowest BCUT2D eigenvalue weighted by Gasteiger charge is -2.13. The van der Waals surface area contributed by atoms with Gasteiger partial charge in [-0.05, 0) is 36.6 Å². The zero-order valence-electron chi connectivity index (χ0n) is 12.2. The molecule has 0 saturated carbocycles. The van der Waals surface area contributed by atoms with Gasteiger partial charge in [-0.3, -0.25) is 0 Å². The van der Waals surface area contributed by atoms with Crippen molar-refractivity contribution < 1.29 is 14.6 Å². The first kappa shape index (κ1) is 15.2. The molecule has 0 aromatic heterocycles. The third-order valence-corrected chi connectivity index (χ3v) is 3.03. The van der Waals surface area contributed by atoms with Gasteiger partial charge in [-0.25, -0.2) is 0 Å². The van der Waals surface area contributed by atoms with Gasteiger partial charge in [0.15, 0.2) is 0 Å². The van der Waals surface area contributed by atoms with Crippen molar-refractivity contribution in [3.8, 4) is 17.2 Å². The molecule has 112 valence electrons. The summed E-state index contributed by atoms with van der Waals surface area (Å²) in [6.45, 7) is 2.75. The standard InChI is InChI=1S/C17H21NO3/c1-2-11-20-17-12-14(7-8-15(17)18)21-16-6-4-3-5-13(16)9-10-19/h3-8,12,19H,2,9-11,18H2,1H3. The Bertz CT molecular complexity index is 584. The summed E-state index contributed by atoms with van der Waals surface area (Å²) in [6, 6.07) is 13.0. The summed E-state index contributed by atoms with van der Waals surface area (Å²) in [4.78, 5) is 0. The van der Waals surface area contributed by atoms with Crippen LogP contribution >= 0.6 is 0 Å². The molecule has 3 N–H and O–H groups in total. The van der Waals surface area contributed by atoms with E-state index in [0.29, 0.717) is 30.2 Å². The summed E-state index contributed by atoms with van der Waals surface area (Å²) < 4.78 is 11.5. The molecule has 0 amide bonds. The maximum absolute atomic E-state index is 9.10. The maximum atomic E-state index is 9.10. The van der Waals surface area contributed by atoms with Crippen molar-refractivity contribution in [3.63, 3.8) is 0 Å². The lowest BCUT2D eigenvalue weighted by molar-refractivity contribution is 0.297. The normalized spacial score (nSPS) is 10.4. The SMILES string of the molecule is CCCOc1cc(Oc2ccccc2CCO)ccc1N. The van der Waals surface area contributed by atoms with E-state index in [2.05, 4.69) is 0 Å². The quantitative estimate of drug-likeness (QED) is 0.766. The minimum Gasteiger partial charge on any atom is -0.491 e. The van der Waals surface area contributed by atoms with Gasteiger partial charge in [-0.1, -0.05) is 25.1 Å². The van der Waals surface area contributed by atoms with Crippen LogP contribution in [0, 0.1) is 0 Å². The molecule has 0 fully saturated rings. The van der Waals surface area contributed by atoms with Gasteiger partial charge in [0.1, 0.15) is 17.2 Å². The molecule has 0 unspecified atom stereocenters.